The molecule has 10 heteroatoms. The summed E-state index contributed by atoms with van der Waals surface area (Å²) in [5, 5.41) is 3.18. The van der Waals surface area contributed by atoms with Crippen LogP contribution < -0.4 is 14.4 Å². The summed E-state index contributed by atoms with van der Waals surface area (Å²) >= 11 is 1.35. The average Bonchev–Trinajstić information content (AvgIpc) is 3.44. The zero-order valence-electron chi connectivity index (χ0n) is 21.1. The number of esters is 1. The molecule has 0 aliphatic heterocycles. The van der Waals surface area contributed by atoms with Crippen molar-refractivity contribution in [3.63, 3.8) is 0 Å². The summed E-state index contributed by atoms with van der Waals surface area (Å²) in [5.74, 6) is -0.716. The van der Waals surface area contributed by atoms with Gasteiger partial charge < -0.3 is 14.8 Å². The molecule has 196 valence electrons. The van der Waals surface area contributed by atoms with E-state index in [4.69, 9.17) is 9.47 Å². The molecule has 0 unspecified atom stereocenters. The summed E-state index contributed by atoms with van der Waals surface area (Å²) < 4.78 is 39.5. The standard InChI is InChI=1S/C27H30N2O6S2/c1-4-34-22-11-7-6-10-21(22)29(37(32,33)19-15-13-18(3)14-16-19)17-24(30)28-26-25(27(31)35-5-2)20-9-8-12-23(20)36-26/h6-7,10-11,13-16H,4-5,8-9,12,17H2,1-3H3,(H,28,30). The number of hydrogen-bond acceptors (Lipinski definition) is 7. The van der Waals surface area contributed by atoms with Crippen molar-refractivity contribution < 1.29 is 27.5 Å². The molecule has 2 aromatic carbocycles. The van der Waals surface area contributed by atoms with Gasteiger partial charge in [-0.2, -0.15) is 0 Å². The predicted octanol–water partition coefficient (Wildman–Crippen LogP) is 4.95. The number of fused-ring (bicyclic) bond motifs is 1. The summed E-state index contributed by atoms with van der Waals surface area (Å²) in [4.78, 5) is 27.2. The third kappa shape index (κ3) is 5.65. The smallest absolute Gasteiger partial charge is 0.341 e. The van der Waals surface area contributed by atoms with Gasteiger partial charge in [0.1, 0.15) is 17.3 Å². The summed E-state index contributed by atoms with van der Waals surface area (Å²) in [6.07, 6.45) is 2.52. The van der Waals surface area contributed by atoms with Crippen LogP contribution in [0.5, 0.6) is 5.75 Å². The van der Waals surface area contributed by atoms with Gasteiger partial charge in [-0.1, -0.05) is 29.8 Å². The maximum Gasteiger partial charge on any atom is 0.341 e. The molecule has 0 atom stereocenters. The van der Waals surface area contributed by atoms with Crippen LogP contribution in [-0.2, 0) is 32.4 Å². The number of ether oxygens (including phenoxy) is 2. The van der Waals surface area contributed by atoms with Crippen molar-refractivity contribution in [1.29, 1.82) is 0 Å². The first-order valence-corrected chi connectivity index (χ1v) is 14.4. The zero-order valence-corrected chi connectivity index (χ0v) is 22.7. The fraction of sp³-hybridized carbons (Fsp3) is 0.333. The molecule has 0 spiro atoms. The van der Waals surface area contributed by atoms with Gasteiger partial charge >= 0.3 is 5.97 Å². The molecule has 0 bridgehead atoms. The molecule has 8 nitrogen and oxygen atoms in total. The van der Waals surface area contributed by atoms with Gasteiger partial charge in [-0.25, -0.2) is 13.2 Å². The van der Waals surface area contributed by atoms with Gasteiger partial charge in [-0.3, -0.25) is 9.10 Å². The Bertz CT molecular complexity index is 1400. The molecule has 1 aliphatic carbocycles. The highest BCUT2D eigenvalue weighted by Crippen LogP contribution is 2.40. The third-order valence-corrected chi connectivity index (χ3v) is 8.96. The summed E-state index contributed by atoms with van der Waals surface area (Å²) in [5.41, 5.74) is 2.44. The minimum absolute atomic E-state index is 0.0551. The van der Waals surface area contributed by atoms with Gasteiger partial charge in [0.2, 0.25) is 5.91 Å². The molecule has 1 amide bonds. The third-order valence-electron chi connectivity index (χ3n) is 5.98. The first-order valence-electron chi connectivity index (χ1n) is 12.2. The molecule has 4 rings (SSSR count). The van der Waals surface area contributed by atoms with Crippen LogP contribution in [0.4, 0.5) is 10.7 Å². The van der Waals surface area contributed by atoms with Crippen LogP contribution >= 0.6 is 11.3 Å². The lowest BCUT2D eigenvalue weighted by molar-refractivity contribution is -0.114. The Balaban J connectivity index is 1.70. The number of hydrogen-bond donors (Lipinski definition) is 1. The minimum Gasteiger partial charge on any atom is -0.492 e. The van der Waals surface area contributed by atoms with Crippen LogP contribution in [0.1, 0.15) is 46.6 Å². The van der Waals surface area contributed by atoms with Crippen molar-refractivity contribution in [2.45, 2.75) is 44.9 Å². The quantitative estimate of drug-likeness (QED) is 0.364. The molecule has 37 heavy (non-hydrogen) atoms. The van der Waals surface area contributed by atoms with Crippen molar-refractivity contribution in [2.75, 3.05) is 29.4 Å². The van der Waals surface area contributed by atoms with E-state index < -0.39 is 28.4 Å². The number of amides is 1. The number of carbonyl (C=O) groups excluding carboxylic acids is 2. The van der Waals surface area contributed by atoms with E-state index in [2.05, 4.69) is 5.32 Å². The topological polar surface area (TPSA) is 102 Å². The van der Waals surface area contributed by atoms with E-state index in [1.54, 1.807) is 50.2 Å². The monoisotopic (exact) mass is 542 g/mol. The minimum atomic E-state index is -4.13. The lowest BCUT2D eigenvalue weighted by Gasteiger charge is -2.26. The van der Waals surface area contributed by atoms with Crippen molar-refractivity contribution in [1.82, 2.24) is 0 Å². The number of nitrogens with zero attached hydrogens (tertiary/aromatic N) is 1. The Kier molecular flexibility index (Phi) is 8.19. The number of aryl methyl sites for hydroxylation is 2. The maximum atomic E-state index is 13.8. The largest absolute Gasteiger partial charge is 0.492 e. The van der Waals surface area contributed by atoms with Gasteiger partial charge in [0.15, 0.2) is 0 Å². The number of para-hydroxylation sites is 2. The van der Waals surface area contributed by atoms with E-state index in [1.807, 2.05) is 6.92 Å². The van der Waals surface area contributed by atoms with Crippen molar-refractivity contribution in [3.8, 4) is 5.75 Å². The van der Waals surface area contributed by atoms with E-state index in [1.165, 1.54) is 23.5 Å². The van der Waals surface area contributed by atoms with Gasteiger partial charge in [-0.15, -0.1) is 11.3 Å². The SMILES string of the molecule is CCOC(=O)c1c(NC(=O)CN(c2ccccc2OCC)S(=O)(=O)c2ccc(C)cc2)sc2c1CCC2. The zero-order chi connectivity index (χ0) is 26.6. The van der Waals surface area contributed by atoms with Crippen LogP contribution in [0, 0.1) is 6.92 Å². The molecular weight excluding hydrogens is 512 g/mol. The first kappa shape index (κ1) is 26.7. The number of benzene rings is 2. The van der Waals surface area contributed by atoms with Crippen LogP contribution in [0.15, 0.2) is 53.4 Å². The van der Waals surface area contributed by atoms with Gasteiger partial charge in [0, 0.05) is 4.88 Å². The molecule has 1 heterocycles. The normalized spacial score (nSPS) is 12.6. The highest BCUT2D eigenvalue weighted by Gasteiger charge is 2.32. The highest BCUT2D eigenvalue weighted by molar-refractivity contribution is 7.92. The fourth-order valence-corrected chi connectivity index (χ4v) is 7.01. The highest BCUT2D eigenvalue weighted by atomic mass is 32.2. The van der Waals surface area contributed by atoms with E-state index in [-0.39, 0.29) is 17.2 Å². The second-order valence-corrected chi connectivity index (χ2v) is 11.5. The number of rotatable bonds is 10. The van der Waals surface area contributed by atoms with Crippen LogP contribution in [-0.4, -0.2) is 40.1 Å². The Labute approximate surface area is 221 Å². The van der Waals surface area contributed by atoms with E-state index in [9.17, 15) is 18.0 Å². The van der Waals surface area contributed by atoms with Crippen molar-refractivity contribution in [2.24, 2.45) is 0 Å². The molecule has 0 saturated carbocycles. The molecule has 0 saturated heterocycles. The Morgan fingerprint density at radius 1 is 1.03 bits per heavy atom. The van der Waals surface area contributed by atoms with Crippen molar-refractivity contribution in [3.05, 3.63) is 70.1 Å². The fourth-order valence-electron chi connectivity index (χ4n) is 4.29. The lowest BCUT2D eigenvalue weighted by atomic mass is 10.1. The number of carbonyl (C=O) groups is 2. The van der Waals surface area contributed by atoms with E-state index in [0.29, 0.717) is 22.9 Å². The lowest BCUT2D eigenvalue weighted by Crippen LogP contribution is -2.38. The molecule has 3 aromatic rings. The molecule has 1 aliphatic rings. The molecule has 0 fully saturated rings. The number of sulfonamides is 1. The second kappa shape index (κ2) is 11.4. The van der Waals surface area contributed by atoms with Crippen LogP contribution in [0.3, 0.4) is 0 Å². The van der Waals surface area contributed by atoms with E-state index >= 15 is 0 Å². The van der Waals surface area contributed by atoms with Crippen LogP contribution in [0.25, 0.3) is 0 Å². The van der Waals surface area contributed by atoms with Gasteiger partial charge in [-0.05, 0) is 69.9 Å². The maximum absolute atomic E-state index is 13.8. The number of anilines is 2. The molecular formula is C27H30N2O6S2. The first-order chi connectivity index (χ1) is 17.8. The molecule has 1 aromatic heterocycles. The number of thiophene rings is 1. The van der Waals surface area contributed by atoms with Crippen molar-refractivity contribution >= 4 is 43.9 Å². The van der Waals surface area contributed by atoms with Crippen LogP contribution in [0.2, 0.25) is 0 Å². The van der Waals surface area contributed by atoms with E-state index in [0.717, 1.165) is 39.6 Å². The van der Waals surface area contributed by atoms with Gasteiger partial charge in [0.25, 0.3) is 10.0 Å². The summed E-state index contributed by atoms with van der Waals surface area (Å²) in [7, 11) is -4.13. The molecule has 1 N–H and O–H groups in total. The Morgan fingerprint density at radius 2 is 1.76 bits per heavy atom. The summed E-state index contributed by atoms with van der Waals surface area (Å²) in [6, 6.07) is 13.1. The Hall–Kier alpha value is -3.37. The average molecular weight is 543 g/mol. The summed E-state index contributed by atoms with van der Waals surface area (Å²) in [6.45, 7) is 5.43. The predicted molar refractivity (Wildman–Crippen MR) is 144 cm³/mol. The second-order valence-electron chi connectivity index (χ2n) is 8.56. The molecule has 0 radical (unpaired) electrons. The van der Waals surface area contributed by atoms with Gasteiger partial charge in [0.05, 0.1) is 29.4 Å². The number of nitrogens with one attached hydrogen (secondary N) is 1. The Morgan fingerprint density at radius 3 is 2.46 bits per heavy atom.